The quantitative estimate of drug-likeness (QED) is 0.838. The van der Waals surface area contributed by atoms with Crippen molar-refractivity contribution in [3.05, 3.63) is 47.7 Å². The van der Waals surface area contributed by atoms with Crippen molar-refractivity contribution in [3.8, 4) is 0 Å². The summed E-state index contributed by atoms with van der Waals surface area (Å²) in [5.74, 6) is 1.69. The van der Waals surface area contributed by atoms with Gasteiger partial charge < -0.3 is 10.2 Å². The van der Waals surface area contributed by atoms with Gasteiger partial charge in [0.05, 0.1) is 0 Å². The summed E-state index contributed by atoms with van der Waals surface area (Å²) < 4.78 is 0. The Morgan fingerprint density at radius 3 is 2.50 bits per heavy atom. The van der Waals surface area contributed by atoms with Gasteiger partial charge in [0, 0.05) is 30.9 Å². The van der Waals surface area contributed by atoms with E-state index in [1.165, 1.54) is 5.56 Å². The molecule has 2 rings (SSSR count). The Morgan fingerprint density at radius 2 is 1.86 bits per heavy atom. The van der Waals surface area contributed by atoms with E-state index < -0.39 is 0 Å². The predicted molar refractivity (Wildman–Crippen MR) is 93.3 cm³/mol. The first-order valence-corrected chi connectivity index (χ1v) is 8.03. The first-order chi connectivity index (χ1) is 10.6. The highest BCUT2D eigenvalue weighted by Crippen LogP contribution is 2.18. The fourth-order valence-corrected chi connectivity index (χ4v) is 2.26. The molecule has 0 aliphatic heterocycles. The van der Waals surface area contributed by atoms with E-state index in [9.17, 15) is 0 Å². The molecule has 1 aromatic heterocycles. The highest BCUT2D eigenvalue weighted by Gasteiger charge is 2.11. The van der Waals surface area contributed by atoms with Crippen molar-refractivity contribution in [2.45, 2.75) is 46.7 Å². The number of aryl methyl sites for hydroxylation is 1. The second-order valence-electron chi connectivity index (χ2n) is 5.64. The monoisotopic (exact) mass is 298 g/mol. The van der Waals surface area contributed by atoms with Crippen LogP contribution in [-0.4, -0.2) is 22.6 Å². The molecule has 0 fully saturated rings. The molecule has 4 nitrogen and oxygen atoms in total. The molecule has 118 valence electrons. The van der Waals surface area contributed by atoms with Crippen LogP contribution in [0.4, 0.5) is 11.8 Å². The average Bonchev–Trinajstić information content (AvgIpc) is 2.52. The average molecular weight is 298 g/mol. The summed E-state index contributed by atoms with van der Waals surface area (Å²) >= 11 is 0. The Labute approximate surface area is 133 Å². The summed E-state index contributed by atoms with van der Waals surface area (Å²) in [6.07, 6.45) is 1.05. The van der Waals surface area contributed by atoms with Crippen molar-refractivity contribution in [1.29, 1.82) is 0 Å². The van der Waals surface area contributed by atoms with Crippen LogP contribution in [0.3, 0.4) is 0 Å². The van der Waals surface area contributed by atoms with Crippen LogP contribution in [0.2, 0.25) is 0 Å². The summed E-state index contributed by atoms with van der Waals surface area (Å²) in [6, 6.07) is 12.9. The molecule has 1 heterocycles. The lowest BCUT2D eigenvalue weighted by atomic mass is 10.2. The number of rotatable bonds is 7. The molecule has 0 aliphatic rings. The maximum atomic E-state index is 4.69. The number of aromatic nitrogens is 2. The zero-order valence-electron chi connectivity index (χ0n) is 14.0. The van der Waals surface area contributed by atoms with Gasteiger partial charge in [0.25, 0.3) is 0 Å². The molecule has 0 amide bonds. The third-order valence-corrected chi connectivity index (χ3v) is 3.75. The van der Waals surface area contributed by atoms with E-state index >= 15 is 0 Å². The maximum Gasteiger partial charge on any atom is 0.225 e. The number of anilines is 2. The predicted octanol–water partition coefficient (Wildman–Crippen LogP) is 4.02. The SMILES string of the molecule is CCC(C)Nc1nc(C)cc(N(CC)Cc2ccccc2)n1. The van der Waals surface area contributed by atoms with E-state index in [1.54, 1.807) is 0 Å². The van der Waals surface area contributed by atoms with E-state index in [2.05, 4.69) is 60.2 Å². The normalized spacial score (nSPS) is 12.0. The van der Waals surface area contributed by atoms with Crippen molar-refractivity contribution >= 4 is 11.8 Å². The van der Waals surface area contributed by atoms with Gasteiger partial charge in [0.15, 0.2) is 0 Å². The van der Waals surface area contributed by atoms with E-state index in [4.69, 9.17) is 4.98 Å². The molecule has 0 radical (unpaired) electrons. The number of benzene rings is 1. The van der Waals surface area contributed by atoms with Crippen LogP contribution in [0.15, 0.2) is 36.4 Å². The molecule has 0 spiro atoms. The molecule has 0 saturated carbocycles. The smallest absolute Gasteiger partial charge is 0.225 e. The highest BCUT2D eigenvalue weighted by atomic mass is 15.2. The van der Waals surface area contributed by atoms with Gasteiger partial charge in [-0.05, 0) is 32.8 Å². The number of hydrogen-bond acceptors (Lipinski definition) is 4. The molecule has 0 aliphatic carbocycles. The van der Waals surface area contributed by atoms with Crippen molar-refractivity contribution in [1.82, 2.24) is 9.97 Å². The maximum absolute atomic E-state index is 4.69. The van der Waals surface area contributed by atoms with Gasteiger partial charge >= 0.3 is 0 Å². The largest absolute Gasteiger partial charge is 0.352 e. The topological polar surface area (TPSA) is 41.1 Å². The fourth-order valence-electron chi connectivity index (χ4n) is 2.26. The van der Waals surface area contributed by atoms with Crippen LogP contribution in [0.5, 0.6) is 0 Å². The fraction of sp³-hybridized carbons (Fsp3) is 0.444. The summed E-state index contributed by atoms with van der Waals surface area (Å²) in [5.41, 5.74) is 2.28. The lowest BCUT2D eigenvalue weighted by Gasteiger charge is -2.23. The zero-order chi connectivity index (χ0) is 15.9. The number of hydrogen-bond donors (Lipinski definition) is 1. The molecule has 0 saturated heterocycles. The third-order valence-electron chi connectivity index (χ3n) is 3.75. The van der Waals surface area contributed by atoms with Crippen LogP contribution in [0.1, 0.15) is 38.4 Å². The minimum absolute atomic E-state index is 0.374. The van der Waals surface area contributed by atoms with Crippen LogP contribution < -0.4 is 10.2 Å². The van der Waals surface area contributed by atoms with E-state index in [0.717, 1.165) is 37.0 Å². The van der Waals surface area contributed by atoms with Crippen LogP contribution in [0, 0.1) is 6.92 Å². The van der Waals surface area contributed by atoms with Crippen molar-refractivity contribution in [3.63, 3.8) is 0 Å². The van der Waals surface area contributed by atoms with Crippen molar-refractivity contribution in [2.24, 2.45) is 0 Å². The first-order valence-electron chi connectivity index (χ1n) is 8.03. The van der Waals surface area contributed by atoms with Gasteiger partial charge in [-0.1, -0.05) is 37.3 Å². The summed E-state index contributed by atoms with van der Waals surface area (Å²) in [7, 11) is 0. The third kappa shape index (κ3) is 4.45. The van der Waals surface area contributed by atoms with Crippen molar-refractivity contribution < 1.29 is 0 Å². The lowest BCUT2D eigenvalue weighted by Crippen LogP contribution is -2.24. The van der Waals surface area contributed by atoms with Gasteiger partial charge in [-0.25, -0.2) is 4.98 Å². The molecular formula is C18H26N4. The minimum Gasteiger partial charge on any atom is -0.352 e. The summed E-state index contributed by atoms with van der Waals surface area (Å²) in [6.45, 7) is 10.2. The lowest BCUT2D eigenvalue weighted by molar-refractivity contribution is 0.747. The molecule has 22 heavy (non-hydrogen) atoms. The molecule has 2 aromatic rings. The van der Waals surface area contributed by atoms with Crippen LogP contribution in [0.25, 0.3) is 0 Å². The van der Waals surface area contributed by atoms with Gasteiger partial charge in [0.2, 0.25) is 5.95 Å². The summed E-state index contributed by atoms with van der Waals surface area (Å²) in [5, 5.41) is 3.37. The Balaban J connectivity index is 2.21. The minimum atomic E-state index is 0.374. The Morgan fingerprint density at radius 1 is 1.14 bits per heavy atom. The van der Waals surface area contributed by atoms with E-state index in [-0.39, 0.29) is 0 Å². The highest BCUT2D eigenvalue weighted by molar-refractivity contribution is 5.45. The Hall–Kier alpha value is -2.10. The molecule has 1 aromatic carbocycles. The van der Waals surface area contributed by atoms with E-state index in [0.29, 0.717) is 6.04 Å². The summed E-state index contributed by atoms with van der Waals surface area (Å²) in [4.78, 5) is 11.5. The first kappa shape index (κ1) is 16.3. The van der Waals surface area contributed by atoms with Gasteiger partial charge in [-0.2, -0.15) is 4.98 Å². The van der Waals surface area contributed by atoms with Gasteiger partial charge in [-0.15, -0.1) is 0 Å². The second-order valence-corrected chi connectivity index (χ2v) is 5.64. The van der Waals surface area contributed by atoms with E-state index in [1.807, 2.05) is 19.1 Å². The molecule has 1 N–H and O–H groups in total. The number of nitrogens with one attached hydrogen (secondary N) is 1. The van der Waals surface area contributed by atoms with Crippen LogP contribution in [-0.2, 0) is 6.54 Å². The second kappa shape index (κ2) is 7.78. The van der Waals surface area contributed by atoms with Crippen LogP contribution >= 0.6 is 0 Å². The zero-order valence-corrected chi connectivity index (χ0v) is 14.0. The molecule has 1 atom stereocenters. The van der Waals surface area contributed by atoms with Gasteiger partial charge in [0.1, 0.15) is 5.82 Å². The number of nitrogens with zero attached hydrogens (tertiary/aromatic N) is 3. The molecule has 4 heteroatoms. The standard InChI is InChI=1S/C18H26N4/c1-5-14(3)19-18-20-15(4)12-17(21-18)22(6-2)13-16-10-8-7-9-11-16/h7-12,14H,5-6,13H2,1-4H3,(H,19,20,21). The Bertz CT molecular complexity index is 583. The molecule has 0 bridgehead atoms. The molecular weight excluding hydrogens is 272 g/mol. The molecule has 1 unspecified atom stereocenters. The van der Waals surface area contributed by atoms with Gasteiger partial charge in [-0.3, -0.25) is 0 Å². The Kier molecular flexibility index (Phi) is 5.75. The van der Waals surface area contributed by atoms with Crippen molar-refractivity contribution in [2.75, 3.05) is 16.8 Å².